The molecule has 0 aromatic carbocycles. The quantitative estimate of drug-likeness (QED) is 0.598. The van der Waals surface area contributed by atoms with Gasteiger partial charge in [-0.15, -0.1) is 4.13 Å². The van der Waals surface area contributed by atoms with E-state index in [1.54, 1.807) is 0 Å². The Kier molecular flexibility index (Phi) is 6.96. The molecule has 0 spiro atoms. The SMILES string of the molecule is CS(=O)(=O)NS(C)(=O)=O.CS(=O)(=O)[N-]S(C)(=O)=O. The van der Waals surface area contributed by atoms with Crippen molar-refractivity contribution in [3.63, 3.8) is 0 Å². The first-order valence-corrected chi connectivity index (χ1v) is 11.2. The van der Waals surface area contributed by atoms with Gasteiger partial charge in [0.25, 0.3) is 0 Å². The molecule has 0 aliphatic heterocycles. The van der Waals surface area contributed by atoms with Crippen LogP contribution in [0.3, 0.4) is 0 Å². The first-order valence-electron chi connectivity index (χ1n) is 3.74. The minimum absolute atomic E-state index is 0.716. The number of nitrogens with zero attached hydrogens (tertiary/aromatic N) is 1. The minimum atomic E-state index is -3.74. The van der Waals surface area contributed by atoms with E-state index in [0.29, 0.717) is 12.5 Å². The van der Waals surface area contributed by atoms with Gasteiger partial charge in [-0.25, -0.2) is 33.7 Å². The smallest absolute Gasteiger partial charge is 0.221 e. The van der Waals surface area contributed by atoms with E-state index in [1.807, 2.05) is 0 Å². The second-order valence-electron chi connectivity index (χ2n) is 3.17. The Morgan fingerprint density at radius 3 is 0.833 bits per heavy atom. The lowest BCUT2D eigenvalue weighted by atomic mass is 12.0. The topological polar surface area (TPSA) is 163 Å². The Hall–Kier alpha value is -0.280. The standard InChI is InChI=1S/C2H7NO4S2.C2H6NO4S2/c2*1-8(4,5)3-9(2,6)7/h3H,1-2H3;1-2H3/q;-1. The van der Waals surface area contributed by atoms with Gasteiger partial charge in [0.2, 0.25) is 20.0 Å². The molecule has 0 bridgehead atoms. The molecule has 0 amide bonds. The molecule has 0 radical (unpaired) electrons. The van der Waals surface area contributed by atoms with Gasteiger partial charge in [0.15, 0.2) is 0 Å². The van der Waals surface area contributed by atoms with Crippen molar-refractivity contribution in [2.24, 2.45) is 0 Å². The summed E-state index contributed by atoms with van der Waals surface area (Å²) in [5.41, 5.74) is 0. The van der Waals surface area contributed by atoms with E-state index >= 15 is 0 Å². The van der Waals surface area contributed by atoms with Crippen molar-refractivity contribution < 1.29 is 33.7 Å². The lowest BCUT2D eigenvalue weighted by Gasteiger charge is -2.11. The van der Waals surface area contributed by atoms with Gasteiger partial charge in [-0.3, -0.25) is 0 Å². The van der Waals surface area contributed by atoms with Gasteiger partial charge in [0.1, 0.15) is 0 Å². The van der Waals surface area contributed by atoms with E-state index in [0.717, 1.165) is 12.5 Å². The number of nitrogens with one attached hydrogen (secondary N) is 1. The Balaban J connectivity index is 0. The molecule has 0 saturated carbocycles. The lowest BCUT2D eigenvalue weighted by Crippen LogP contribution is -2.27. The van der Waals surface area contributed by atoms with E-state index < -0.39 is 40.1 Å². The van der Waals surface area contributed by atoms with Crippen molar-refractivity contribution in [1.29, 1.82) is 0 Å². The van der Waals surface area contributed by atoms with Gasteiger partial charge in [0.05, 0.1) is 32.6 Å². The van der Waals surface area contributed by atoms with Crippen LogP contribution in [0.4, 0.5) is 0 Å². The Morgan fingerprint density at radius 1 is 0.611 bits per heavy atom. The van der Waals surface area contributed by atoms with Gasteiger partial charge in [-0.05, 0) is 0 Å². The summed E-state index contributed by atoms with van der Waals surface area (Å²) in [7, 11) is -14.7. The van der Waals surface area contributed by atoms with Gasteiger partial charge in [-0.2, -0.15) is 0 Å². The summed E-state index contributed by atoms with van der Waals surface area (Å²) >= 11 is 0. The summed E-state index contributed by atoms with van der Waals surface area (Å²) in [4.78, 5) is 0. The Bertz CT molecular complexity index is 545. The molecule has 10 nitrogen and oxygen atoms in total. The van der Waals surface area contributed by atoms with E-state index in [9.17, 15) is 33.7 Å². The molecule has 0 aromatic rings. The first-order chi connectivity index (χ1) is 7.41. The predicted octanol–water partition coefficient (Wildman–Crippen LogP) is -2.23. The Labute approximate surface area is 107 Å². The summed E-state index contributed by atoms with van der Waals surface area (Å²) in [6.45, 7) is 0. The zero-order valence-corrected chi connectivity index (χ0v) is 13.1. The average molecular weight is 345 g/mol. The highest BCUT2D eigenvalue weighted by Crippen LogP contribution is 2.03. The largest absolute Gasteiger partial charge is 0.437 e. The fourth-order valence-electron chi connectivity index (χ4n) is 0.521. The molecule has 112 valence electrons. The fraction of sp³-hybridized carbons (Fsp3) is 1.00. The average Bonchev–Trinajstić information content (AvgIpc) is 1.64. The van der Waals surface area contributed by atoms with Gasteiger partial charge in [-0.1, -0.05) is 0 Å². The van der Waals surface area contributed by atoms with Gasteiger partial charge in [0, 0.05) is 12.5 Å². The van der Waals surface area contributed by atoms with Crippen LogP contribution in [0.1, 0.15) is 0 Å². The third-order valence-corrected chi connectivity index (χ3v) is 5.16. The zero-order valence-electron chi connectivity index (χ0n) is 9.85. The first kappa shape index (κ1) is 20.0. The molecule has 0 rings (SSSR count). The van der Waals surface area contributed by atoms with Gasteiger partial charge < -0.3 is 4.13 Å². The van der Waals surface area contributed by atoms with Crippen molar-refractivity contribution in [3.05, 3.63) is 4.13 Å². The highest BCUT2D eigenvalue weighted by Gasteiger charge is 2.08. The van der Waals surface area contributed by atoms with Crippen molar-refractivity contribution in [1.82, 2.24) is 4.13 Å². The number of sulfonamides is 4. The summed E-state index contributed by atoms with van der Waals surface area (Å²) < 4.78 is 84.9. The molecule has 0 aliphatic rings. The van der Waals surface area contributed by atoms with Crippen LogP contribution in [0.2, 0.25) is 0 Å². The Morgan fingerprint density at radius 2 is 0.833 bits per heavy atom. The summed E-state index contributed by atoms with van der Waals surface area (Å²) in [6, 6.07) is 0. The third-order valence-electron chi connectivity index (χ3n) is 0.574. The highest BCUT2D eigenvalue weighted by molar-refractivity contribution is 8.11. The lowest BCUT2D eigenvalue weighted by molar-refractivity contribution is 0.583. The van der Waals surface area contributed by atoms with Crippen LogP contribution in [-0.4, -0.2) is 58.7 Å². The molecular weight excluding hydrogens is 332 g/mol. The molecular formula is C4H13N2O8S4-. The van der Waals surface area contributed by atoms with Crippen molar-refractivity contribution in [3.8, 4) is 0 Å². The molecule has 0 saturated heterocycles. The van der Waals surface area contributed by atoms with Crippen LogP contribution >= 0.6 is 0 Å². The van der Waals surface area contributed by atoms with Crippen molar-refractivity contribution in [2.45, 2.75) is 0 Å². The summed E-state index contributed by atoms with van der Waals surface area (Å²) in [5.74, 6) is 0. The number of hydrogen-bond donors (Lipinski definition) is 1. The van der Waals surface area contributed by atoms with Gasteiger partial charge >= 0.3 is 0 Å². The predicted molar refractivity (Wildman–Crippen MR) is 65.9 cm³/mol. The van der Waals surface area contributed by atoms with Crippen LogP contribution in [0, 0.1) is 0 Å². The molecule has 14 heteroatoms. The molecule has 0 aromatic heterocycles. The normalized spacial score (nSPS) is 13.6. The monoisotopic (exact) mass is 345 g/mol. The molecule has 18 heavy (non-hydrogen) atoms. The van der Waals surface area contributed by atoms with Crippen LogP contribution < -0.4 is 4.13 Å². The second kappa shape index (κ2) is 6.25. The number of rotatable bonds is 4. The molecule has 0 unspecified atom stereocenters. The minimum Gasteiger partial charge on any atom is -0.437 e. The fourth-order valence-corrected chi connectivity index (χ4v) is 4.69. The van der Waals surface area contributed by atoms with E-state index in [4.69, 9.17) is 0 Å². The third kappa shape index (κ3) is 24.8. The summed E-state index contributed by atoms with van der Waals surface area (Å²) in [6.07, 6.45) is 2.98. The van der Waals surface area contributed by atoms with E-state index in [-0.39, 0.29) is 0 Å². The maximum Gasteiger partial charge on any atom is 0.221 e. The maximum absolute atomic E-state index is 10.2. The van der Waals surface area contributed by atoms with E-state index in [2.05, 4.69) is 4.13 Å². The summed E-state index contributed by atoms with van der Waals surface area (Å²) in [5, 5.41) is 0. The van der Waals surface area contributed by atoms with E-state index in [1.165, 1.54) is 4.13 Å². The number of hydrogen-bond acceptors (Lipinski definition) is 8. The van der Waals surface area contributed by atoms with Crippen LogP contribution in [0.5, 0.6) is 0 Å². The molecule has 0 atom stereocenters. The molecule has 1 N–H and O–H groups in total. The van der Waals surface area contributed by atoms with Crippen LogP contribution in [-0.2, 0) is 40.1 Å². The van der Waals surface area contributed by atoms with Crippen LogP contribution in [0.25, 0.3) is 4.13 Å². The highest BCUT2D eigenvalue weighted by atomic mass is 32.3. The van der Waals surface area contributed by atoms with Crippen molar-refractivity contribution in [2.75, 3.05) is 25.0 Å². The molecule has 0 fully saturated rings. The maximum atomic E-state index is 10.2. The zero-order chi connectivity index (χ0) is 15.4. The van der Waals surface area contributed by atoms with Crippen molar-refractivity contribution >= 4 is 40.1 Å². The second-order valence-corrected chi connectivity index (χ2v) is 10.5. The van der Waals surface area contributed by atoms with Crippen LogP contribution in [0.15, 0.2) is 0 Å². The molecule has 0 heterocycles. The molecule has 0 aliphatic carbocycles.